The van der Waals surface area contributed by atoms with Crippen molar-refractivity contribution in [2.75, 3.05) is 17.6 Å². The van der Waals surface area contributed by atoms with E-state index < -0.39 is 10.0 Å². The summed E-state index contributed by atoms with van der Waals surface area (Å²) in [4.78, 5) is 13.0. The van der Waals surface area contributed by atoms with Gasteiger partial charge in [0.05, 0.1) is 5.75 Å². The molecule has 0 unspecified atom stereocenters. The molecule has 7 nitrogen and oxygen atoms in total. The third-order valence-corrected chi connectivity index (χ3v) is 4.98. The Morgan fingerprint density at radius 3 is 2.42 bits per heavy atom. The molecule has 0 aromatic carbocycles. The summed E-state index contributed by atoms with van der Waals surface area (Å²) < 4.78 is 26.3. The molecular weight excluding hydrogens is 326 g/mol. The molecule has 130 valence electrons. The summed E-state index contributed by atoms with van der Waals surface area (Å²) >= 11 is 0. The molecule has 0 aliphatic carbocycles. The fourth-order valence-electron chi connectivity index (χ4n) is 2.15. The number of hydrogen-bond acceptors (Lipinski definition) is 6. The maximum absolute atomic E-state index is 11.9. The number of hydrogen-bond donors (Lipinski definition) is 2. The Bertz CT molecular complexity index is 792. The molecule has 0 bridgehead atoms. The first-order valence-electron chi connectivity index (χ1n) is 7.78. The minimum absolute atomic E-state index is 0.0156. The van der Waals surface area contributed by atoms with Crippen molar-refractivity contribution >= 4 is 15.8 Å². The normalized spacial score (nSPS) is 11.7. The van der Waals surface area contributed by atoms with E-state index in [4.69, 9.17) is 0 Å². The van der Waals surface area contributed by atoms with Crippen molar-refractivity contribution in [1.82, 2.24) is 19.7 Å². The number of nitrogens with one attached hydrogen (secondary N) is 2. The molecule has 24 heavy (non-hydrogen) atoms. The van der Waals surface area contributed by atoms with Gasteiger partial charge in [-0.15, -0.1) is 0 Å². The SMILES string of the molecule is Cc1nc(-c2ccncc2)nc(NCCS(=O)(=O)NC(C)C)c1C. The summed E-state index contributed by atoms with van der Waals surface area (Å²) in [7, 11) is -3.30. The summed E-state index contributed by atoms with van der Waals surface area (Å²) in [6.45, 7) is 7.68. The quantitative estimate of drug-likeness (QED) is 0.792. The molecule has 0 atom stereocenters. The van der Waals surface area contributed by atoms with Gasteiger partial charge in [0.15, 0.2) is 5.82 Å². The van der Waals surface area contributed by atoms with Crippen LogP contribution >= 0.6 is 0 Å². The highest BCUT2D eigenvalue weighted by molar-refractivity contribution is 7.89. The van der Waals surface area contributed by atoms with E-state index in [9.17, 15) is 8.42 Å². The van der Waals surface area contributed by atoms with Crippen molar-refractivity contribution in [3.05, 3.63) is 35.8 Å². The van der Waals surface area contributed by atoms with Crippen LogP contribution in [0.5, 0.6) is 0 Å². The number of anilines is 1. The first-order valence-corrected chi connectivity index (χ1v) is 9.43. The number of pyridine rings is 1. The van der Waals surface area contributed by atoms with Crippen LogP contribution in [-0.2, 0) is 10.0 Å². The standard InChI is InChI=1S/C16H23N5O2S/c1-11(2)21-24(22,23)10-9-18-15-12(3)13(4)19-16(20-15)14-5-7-17-8-6-14/h5-8,11,21H,9-10H2,1-4H3,(H,18,19,20). The molecule has 0 aliphatic rings. The maximum atomic E-state index is 11.9. The zero-order chi connectivity index (χ0) is 17.7. The van der Waals surface area contributed by atoms with E-state index in [2.05, 4.69) is 25.0 Å². The molecule has 2 aromatic heterocycles. The second-order valence-corrected chi connectivity index (χ2v) is 7.73. The first-order chi connectivity index (χ1) is 11.3. The Hall–Kier alpha value is -2.06. The average Bonchev–Trinajstić information content (AvgIpc) is 2.50. The number of nitrogens with zero attached hydrogens (tertiary/aromatic N) is 3. The molecule has 0 fully saturated rings. The lowest BCUT2D eigenvalue weighted by Gasteiger charge is -2.13. The zero-order valence-electron chi connectivity index (χ0n) is 14.4. The highest BCUT2D eigenvalue weighted by Gasteiger charge is 2.13. The van der Waals surface area contributed by atoms with E-state index in [1.54, 1.807) is 26.2 Å². The highest BCUT2D eigenvalue weighted by atomic mass is 32.2. The van der Waals surface area contributed by atoms with E-state index in [0.717, 1.165) is 16.8 Å². The third kappa shape index (κ3) is 4.97. The molecule has 0 amide bonds. The van der Waals surface area contributed by atoms with Gasteiger partial charge in [-0.2, -0.15) is 0 Å². The smallest absolute Gasteiger partial charge is 0.213 e. The molecule has 0 saturated heterocycles. The van der Waals surface area contributed by atoms with Gasteiger partial charge < -0.3 is 5.32 Å². The van der Waals surface area contributed by atoms with Crippen LogP contribution in [0, 0.1) is 13.8 Å². The molecule has 0 saturated carbocycles. The summed E-state index contributed by atoms with van der Waals surface area (Å²) in [5.74, 6) is 1.22. The van der Waals surface area contributed by atoms with Crippen LogP contribution in [0.3, 0.4) is 0 Å². The first kappa shape index (κ1) is 18.3. The summed E-state index contributed by atoms with van der Waals surface area (Å²) in [5.41, 5.74) is 2.62. The largest absolute Gasteiger partial charge is 0.369 e. The molecule has 0 radical (unpaired) electrons. The summed E-state index contributed by atoms with van der Waals surface area (Å²) in [6, 6.07) is 3.56. The molecule has 0 aliphatic heterocycles. The van der Waals surface area contributed by atoms with Crippen LogP contribution in [0.25, 0.3) is 11.4 Å². The van der Waals surface area contributed by atoms with Crippen LogP contribution in [0.4, 0.5) is 5.82 Å². The predicted octanol–water partition coefficient (Wildman–Crippen LogP) is 1.90. The van der Waals surface area contributed by atoms with Crippen LogP contribution in [-0.4, -0.2) is 41.7 Å². The second kappa shape index (κ2) is 7.67. The van der Waals surface area contributed by atoms with Gasteiger partial charge in [-0.1, -0.05) is 0 Å². The minimum atomic E-state index is -3.30. The molecular formula is C16H23N5O2S. The van der Waals surface area contributed by atoms with E-state index >= 15 is 0 Å². The van der Waals surface area contributed by atoms with Crippen molar-refractivity contribution in [2.45, 2.75) is 33.7 Å². The lowest BCUT2D eigenvalue weighted by molar-refractivity contribution is 0.570. The van der Waals surface area contributed by atoms with Gasteiger partial charge in [0.25, 0.3) is 0 Å². The Labute approximate surface area is 143 Å². The van der Waals surface area contributed by atoms with Gasteiger partial charge in [-0.25, -0.2) is 23.1 Å². The number of aromatic nitrogens is 3. The van der Waals surface area contributed by atoms with Crippen LogP contribution < -0.4 is 10.0 Å². The number of aryl methyl sites for hydroxylation is 1. The van der Waals surface area contributed by atoms with Crippen molar-refractivity contribution in [3.8, 4) is 11.4 Å². The van der Waals surface area contributed by atoms with Crippen LogP contribution in [0.1, 0.15) is 25.1 Å². The lowest BCUT2D eigenvalue weighted by atomic mass is 10.2. The molecule has 0 spiro atoms. The molecule has 8 heteroatoms. The van der Waals surface area contributed by atoms with Gasteiger partial charge in [-0.3, -0.25) is 4.98 Å². The monoisotopic (exact) mass is 349 g/mol. The van der Waals surface area contributed by atoms with Crippen molar-refractivity contribution in [1.29, 1.82) is 0 Å². The summed E-state index contributed by atoms with van der Waals surface area (Å²) in [6.07, 6.45) is 3.37. The summed E-state index contributed by atoms with van der Waals surface area (Å²) in [5, 5.41) is 3.11. The molecule has 2 heterocycles. The Morgan fingerprint density at radius 2 is 1.79 bits per heavy atom. The van der Waals surface area contributed by atoms with Crippen LogP contribution in [0.15, 0.2) is 24.5 Å². The van der Waals surface area contributed by atoms with E-state index in [1.807, 2.05) is 26.0 Å². The van der Waals surface area contributed by atoms with Crippen molar-refractivity contribution < 1.29 is 8.42 Å². The Morgan fingerprint density at radius 1 is 1.12 bits per heavy atom. The topological polar surface area (TPSA) is 96.9 Å². The molecule has 2 N–H and O–H groups in total. The second-order valence-electron chi connectivity index (χ2n) is 5.86. The van der Waals surface area contributed by atoms with Gasteiger partial charge >= 0.3 is 0 Å². The van der Waals surface area contributed by atoms with Crippen molar-refractivity contribution in [3.63, 3.8) is 0 Å². The molecule has 2 rings (SSSR count). The van der Waals surface area contributed by atoms with E-state index in [1.165, 1.54) is 0 Å². The van der Waals surface area contributed by atoms with E-state index in [0.29, 0.717) is 11.6 Å². The van der Waals surface area contributed by atoms with Gasteiger partial charge in [0.2, 0.25) is 10.0 Å². The van der Waals surface area contributed by atoms with Gasteiger partial charge in [0.1, 0.15) is 5.82 Å². The van der Waals surface area contributed by atoms with E-state index in [-0.39, 0.29) is 18.3 Å². The lowest BCUT2D eigenvalue weighted by Crippen LogP contribution is -2.34. The maximum Gasteiger partial charge on any atom is 0.213 e. The fourth-order valence-corrected chi connectivity index (χ4v) is 3.36. The Balaban J connectivity index is 2.14. The minimum Gasteiger partial charge on any atom is -0.369 e. The number of sulfonamides is 1. The van der Waals surface area contributed by atoms with Crippen LogP contribution in [0.2, 0.25) is 0 Å². The molecule has 2 aromatic rings. The third-order valence-electron chi connectivity index (χ3n) is 3.41. The van der Waals surface area contributed by atoms with Gasteiger partial charge in [0, 0.05) is 41.8 Å². The average molecular weight is 349 g/mol. The zero-order valence-corrected chi connectivity index (χ0v) is 15.2. The highest BCUT2D eigenvalue weighted by Crippen LogP contribution is 2.20. The number of rotatable bonds is 7. The van der Waals surface area contributed by atoms with Crippen molar-refractivity contribution in [2.24, 2.45) is 0 Å². The fraction of sp³-hybridized carbons (Fsp3) is 0.438. The Kier molecular flexibility index (Phi) is 5.84. The predicted molar refractivity (Wildman–Crippen MR) is 95.3 cm³/mol. The van der Waals surface area contributed by atoms with Gasteiger partial charge in [-0.05, 0) is 39.8 Å².